The second kappa shape index (κ2) is 8.71. The molecule has 2 rings (SSSR count). The lowest BCUT2D eigenvalue weighted by Gasteiger charge is -2.26. The van der Waals surface area contributed by atoms with Crippen molar-refractivity contribution in [3.8, 4) is 5.75 Å². The zero-order chi connectivity index (χ0) is 17.5. The molecule has 1 aliphatic carbocycles. The molecule has 132 valence electrons. The number of ether oxygens (including phenoxy) is 2. The first kappa shape index (κ1) is 18.3. The maximum Gasteiger partial charge on any atom is 0.344 e. The molecule has 0 saturated heterocycles. The molecule has 1 aromatic rings. The molecule has 0 unspecified atom stereocenters. The zero-order valence-electron chi connectivity index (χ0n) is 14.8. The van der Waals surface area contributed by atoms with Crippen LogP contribution >= 0.6 is 0 Å². The zero-order valence-corrected chi connectivity index (χ0v) is 14.8. The van der Waals surface area contributed by atoms with Crippen molar-refractivity contribution in [2.24, 2.45) is 5.92 Å². The number of rotatable bonds is 6. The molecule has 5 heteroatoms. The predicted octanol–water partition coefficient (Wildman–Crippen LogP) is 2.92. The van der Waals surface area contributed by atoms with Crippen molar-refractivity contribution in [2.75, 3.05) is 13.2 Å². The molecule has 0 heterocycles. The first-order valence-corrected chi connectivity index (χ1v) is 8.59. The quantitative estimate of drug-likeness (QED) is 0.813. The van der Waals surface area contributed by atoms with Gasteiger partial charge in [-0.05, 0) is 57.1 Å². The minimum atomic E-state index is -0.539. The van der Waals surface area contributed by atoms with Gasteiger partial charge in [0.2, 0.25) is 0 Å². The molecule has 0 aromatic heterocycles. The Morgan fingerprint density at radius 1 is 1.12 bits per heavy atom. The molecule has 0 atom stereocenters. The molecule has 0 bridgehead atoms. The van der Waals surface area contributed by atoms with Gasteiger partial charge in [-0.15, -0.1) is 0 Å². The van der Waals surface area contributed by atoms with Gasteiger partial charge in [0.1, 0.15) is 5.75 Å². The number of nitrogens with one attached hydrogen (secondary N) is 1. The number of amides is 1. The van der Waals surface area contributed by atoms with Crippen LogP contribution in [0.25, 0.3) is 0 Å². The first-order valence-electron chi connectivity index (χ1n) is 8.59. The minimum Gasteiger partial charge on any atom is -0.482 e. The van der Waals surface area contributed by atoms with Crippen molar-refractivity contribution in [1.29, 1.82) is 0 Å². The molecule has 0 spiro atoms. The summed E-state index contributed by atoms with van der Waals surface area (Å²) in [6, 6.07) is 5.94. The topological polar surface area (TPSA) is 64.6 Å². The van der Waals surface area contributed by atoms with Crippen molar-refractivity contribution >= 4 is 11.9 Å². The number of hydrogen-bond donors (Lipinski definition) is 1. The highest BCUT2D eigenvalue weighted by atomic mass is 16.6. The van der Waals surface area contributed by atoms with E-state index in [1.54, 1.807) is 0 Å². The van der Waals surface area contributed by atoms with Gasteiger partial charge in [0.05, 0.1) is 0 Å². The van der Waals surface area contributed by atoms with Crippen LogP contribution in [-0.2, 0) is 14.3 Å². The summed E-state index contributed by atoms with van der Waals surface area (Å²) in [4.78, 5) is 23.5. The third-order valence-corrected chi connectivity index (χ3v) is 4.42. The third-order valence-electron chi connectivity index (χ3n) is 4.42. The summed E-state index contributed by atoms with van der Waals surface area (Å²) < 4.78 is 10.4. The normalized spacial score (nSPS) is 20.3. The number of esters is 1. The number of carbonyl (C=O) groups is 2. The molecule has 1 aliphatic rings. The highest BCUT2D eigenvalue weighted by Gasteiger charge is 2.20. The maximum atomic E-state index is 11.8. The van der Waals surface area contributed by atoms with Crippen LogP contribution in [0.15, 0.2) is 18.2 Å². The number of hydrogen-bond acceptors (Lipinski definition) is 4. The summed E-state index contributed by atoms with van der Waals surface area (Å²) in [5.41, 5.74) is 2.10. The van der Waals surface area contributed by atoms with Crippen molar-refractivity contribution in [2.45, 2.75) is 52.5 Å². The van der Waals surface area contributed by atoms with Crippen LogP contribution in [0.4, 0.5) is 0 Å². The fourth-order valence-corrected chi connectivity index (χ4v) is 2.96. The van der Waals surface area contributed by atoms with Gasteiger partial charge < -0.3 is 14.8 Å². The molecular weight excluding hydrogens is 306 g/mol. The Kier molecular flexibility index (Phi) is 6.64. The van der Waals surface area contributed by atoms with Gasteiger partial charge in [-0.3, -0.25) is 4.79 Å². The van der Waals surface area contributed by atoms with Crippen LogP contribution in [0.3, 0.4) is 0 Å². The highest BCUT2D eigenvalue weighted by molar-refractivity contribution is 5.81. The monoisotopic (exact) mass is 333 g/mol. The van der Waals surface area contributed by atoms with E-state index in [1.807, 2.05) is 32.0 Å². The molecule has 1 saturated carbocycles. The number of carbonyl (C=O) groups excluding carboxylic acids is 2. The minimum absolute atomic E-state index is 0.196. The van der Waals surface area contributed by atoms with Crippen LogP contribution in [0.2, 0.25) is 0 Å². The van der Waals surface area contributed by atoms with Crippen molar-refractivity contribution in [1.82, 2.24) is 5.32 Å². The van der Waals surface area contributed by atoms with Crippen LogP contribution in [0, 0.1) is 19.8 Å². The SMILES string of the molecule is Cc1ccc(OCC(=O)OCC(=O)NC2CCC(C)CC2)c(C)c1. The molecule has 0 aliphatic heterocycles. The predicted molar refractivity (Wildman–Crippen MR) is 91.9 cm³/mol. The Hall–Kier alpha value is -2.04. The summed E-state index contributed by atoms with van der Waals surface area (Å²) >= 11 is 0. The van der Waals surface area contributed by atoms with E-state index in [4.69, 9.17) is 9.47 Å². The van der Waals surface area contributed by atoms with Crippen LogP contribution in [0.5, 0.6) is 5.75 Å². The second-order valence-electron chi connectivity index (χ2n) is 6.74. The maximum absolute atomic E-state index is 11.8. The highest BCUT2D eigenvalue weighted by Crippen LogP contribution is 2.23. The Morgan fingerprint density at radius 3 is 2.50 bits per heavy atom. The van der Waals surface area contributed by atoms with Crippen LogP contribution in [-0.4, -0.2) is 31.1 Å². The number of aryl methyl sites for hydroxylation is 2. The van der Waals surface area contributed by atoms with E-state index in [0.717, 1.165) is 42.7 Å². The summed E-state index contributed by atoms with van der Waals surface area (Å²) in [5.74, 6) is 0.605. The molecule has 1 fully saturated rings. The van der Waals surface area contributed by atoms with E-state index < -0.39 is 5.97 Å². The van der Waals surface area contributed by atoms with Crippen molar-refractivity contribution < 1.29 is 19.1 Å². The third kappa shape index (κ3) is 5.87. The van der Waals surface area contributed by atoms with E-state index in [0.29, 0.717) is 5.75 Å². The lowest BCUT2D eigenvalue weighted by atomic mass is 9.87. The van der Waals surface area contributed by atoms with Crippen molar-refractivity contribution in [3.05, 3.63) is 29.3 Å². The van der Waals surface area contributed by atoms with Crippen LogP contribution < -0.4 is 10.1 Å². The fraction of sp³-hybridized carbons (Fsp3) is 0.579. The van der Waals surface area contributed by atoms with Crippen LogP contribution in [0.1, 0.15) is 43.7 Å². The average molecular weight is 333 g/mol. The van der Waals surface area contributed by atoms with Gasteiger partial charge in [0, 0.05) is 6.04 Å². The summed E-state index contributed by atoms with van der Waals surface area (Å²) in [6.07, 6.45) is 4.26. The second-order valence-corrected chi connectivity index (χ2v) is 6.74. The smallest absolute Gasteiger partial charge is 0.344 e. The molecule has 5 nitrogen and oxygen atoms in total. The average Bonchev–Trinajstić information content (AvgIpc) is 2.54. The molecule has 0 radical (unpaired) electrons. The van der Waals surface area contributed by atoms with Gasteiger partial charge >= 0.3 is 5.97 Å². The van der Waals surface area contributed by atoms with E-state index in [9.17, 15) is 9.59 Å². The lowest BCUT2D eigenvalue weighted by Crippen LogP contribution is -2.39. The van der Waals surface area contributed by atoms with Gasteiger partial charge in [-0.25, -0.2) is 4.79 Å². The van der Waals surface area contributed by atoms with Gasteiger partial charge in [-0.2, -0.15) is 0 Å². The van der Waals surface area contributed by atoms with E-state index in [2.05, 4.69) is 12.2 Å². The Bertz CT molecular complexity index is 577. The molecule has 1 amide bonds. The lowest BCUT2D eigenvalue weighted by molar-refractivity contribution is -0.150. The van der Waals surface area contributed by atoms with Gasteiger partial charge in [0.15, 0.2) is 13.2 Å². The number of benzene rings is 1. The Morgan fingerprint density at radius 2 is 1.83 bits per heavy atom. The largest absolute Gasteiger partial charge is 0.482 e. The van der Waals surface area contributed by atoms with E-state index in [-0.39, 0.29) is 25.2 Å². The molecular formula is C19H27NO4. The summed E-state index contributed by atoms with van der Waals surface area (Å²) in [5, 5.41) is 2.93. The van der Waals surface area contributed by atoms with E-state index >= 15 is 0 Å². The standard InChI is InChI=1S/C19H27NO4/c1-13-4-7-16(8-5-13)20-18(21)11-24-19(22)12-23-17-9-6-14(2)10-15(17)3/h6,9-10,13,16H,4-5,7-8,11-12H2,1-3H3,(H,20,21). The Labute approximate surface area is 143 Å². The van der Waals surface area contributed by atoms with E-state index in [1.165, 1.54) is 0 Å². The molecule has 1 aromatic carbocycles. The van der Waals surface area contributed by atoms with Gasteiger partial charge in [0.25, 0.3) is 5.91 Å². The Balaban J connectivity index is 1.66. The fourth-order valence-electron chi connectivity index (χ4n) is 2.96. The molecule has 24 heavy (non-hydrogen) atoms. The molecule has 1 N–H and O–H groups in total. The summed E-state index contributed by atoms with van der Waals surface area (Å²) in [6.45, 7) is 5.71. The van der Waals surface area contributed by atoms with Crippen molar-refractivity contribution in [3.63, 3.8) is 0 Å². The van der Waals surface area contributed by atoms with Gasteiger partial charge in [-0.1, -0.05) is 24.6 Å². The first-order chi connectivity index (χ1) is 11.4. The summed E-state index contributed by atoms with van der Waals surface area (Å²) in [7, 11) is 0.